The molecule has 0 spiro atoms. The van der Waals surface area contributed by atoms with Gasteiger partial charge in [0.2, 0.25) is 0 Å². The second-order valence-corrected chi connectivity index (χ2v) is 5.94. The van der Waals surface area contributed by atoms with Crippen LogP contribution in [0, 0.1) is 0 Å². The summed E-state index contributed by atoms with van der Waals surface area (Å²) in [7, 11) is 1.54. The zero-order valence-electron chi connectivity index (χ0n) is 12.3. The van der Waals surface area contributed by atoms with E-state index in [0.29, 0.717) is 13.1 Å². The molecule has 1 aromatic rings. The van der Waals surface area contributed by atoms with Gasteiger partial charge in [-0.1, -0.05) is 12.1 Å². The molecule has 6 nitrogen and oxygen atoms in total. The van der Waals surface area contributed by atoms with Gasteiger partial charge in [0.1, 0.15) is 5.60 Å². The van der Waals surface area contributed by atoms with Crippen LogP contribution in [0.15, 0.2) is 34.5 Å². The van der Waals surface area contributed by atoms with E-state index >= 15 is 0 Å². The lowest BCUT2D eigenvalue weighted by Gasteiger charge is -2.40. The second kappa shape index (κ2) is 5.00. The maximum Gasteiger partial charge on any atom is 0.442 e. The second-order valence-electron chi connectivity index (χ2n) is 5.94. The number of likely N-dealkylation sites (N-methyl/N-ethyl adjacent to an activating group) is 1. The molecule has 0 radical (unpaired) electrons. The lowest BCUT2D eigenvalue weighted by Crippen LogP contribution is -2.64. The highest BCUT2D eigenvalue weighted by atomic mass is 19.4. The summed E-state index contributed by atoms with van der Waals surface area (Å²) in [5, 5.41) is 19.2. The Balaban J connectivity index is 1.71. The number of amides is 1. The third-order valence-electron chi connectivity index (χ3n) is 4.02. The van der Waals surface area contributed by atoms with Gasteiger partial charge in [0, 0.05) is 31.3 Å². The summed E-state index contributed by atoms with van der Waals surface area (Å²) in [6, 6.07) is 5.03. The zero-order chi connectivity index (χ0) is 16.9. The molecule has 124 valence electrons. The number of alkyl halides is 3. The van der Waals surface area contributed by atoms with Crippen molar-refractivity contribution in [1.29, 1.82) is 0 Å². The number of carbonyl (C=O) groups excluding carboxylic acids is 1. The van der Waals surface area contributed by atoms with Crippen molar-refractivity contribution in [3.05, 3.63) is 35.4 Å². The predicted octanol–water partition coefficient (Wildman–Crippen LogP) is 1.27. The lowest BCUT2D eigenvalue weighted by molar-refractivity contribution is -0.166. The summed E-state index contributed by atoms with van der Waals surface area (Å²) in [5.41, 5.74) is -3.31. The summed E-state index contributed by atoms with van der Waals surface area (Å²) >= 11 is 0. The van der Waals surface area contributed by atoms with Gasteiger partial charge in [0.25, 0.3) is 5.91 Å². The molecule has 23 heavy (non-hydrogen) atoms. The average Bonchev–Trinajstić information content (AvgIpc) is 3.26. The van der Waals surface area contributed by atoms with E-state index in [1.807, 2.05) is 0 Å². The van der Waals surface area contributed by atoms with Crippen LogP contribution in [-0.4, -0.2) is 54.4 Å². The van der Waals surface area contributed by atoms with E-state index in [2.05, 4.69) is 15.5 Å². The van der Waals surface area contributed by atoms with Gasteiger partial charge >= 0.3 is 11.8 Å². The molecule has 0 aliphatic carbocycles. The Morgan fingerprint density at radius 3 is 2.26 bits per heavy atom. The smallest absolute Gasteiger partial charge is 0.385 e. The van der Waals surface area contributed by atoms with Crippen LogP contribution in [0.1, 0.15) is 15.9 Å². The van der Waals surface area contributed by atoms with Gasteiger partial charge in [-0.3, -0.25) is 4.79 Å². The number of nitrogens with one attached hydrogen (secondary N) is 1. The van der Waals surface area contributed by atoms with Crippen LogP contribution in [0.4, 0.5) is 13.2 Å². The fraction of sp³-hybridized carbons (Fsp3) is 0.500. The van der Waals surface area contributed by atoms with Crippen molar-refractivity contribution in [2.75, 3.05) is 26.7 Å². The molecule has 1 fully saturated rings. The topological polar surface area (TPSA) is 77.3 Å². The van der Waals surface area contributed by atoms with Gasteiger partial charge in [-0.05, 0) is 12.1 Å². The highest BCUT2D eigenvalue weighted by Gasteiger charge is 2.65. The van der Waals surface area contributed by atoms with E-state index in [-0.39, 0.29) is 23.6 Å². The molecule has 2 N–H and O–H groups in total. The molecule has 1 aromatic carbocycles. The van der Waals surface area contributed by atoms with Gasteiger partial charge in [-0.25, -0.2) is 0 Å². The van der Waals surface area contributed by atoms with Crippen LogP contribution >= 0.6 is 0 Å². The number of nitrogens with zero attached hydrogens (tertiary/aromatic N) is 3. The van der Waals surface area contributed by atoms with Crippen LogP contribution in [-0.2, 0) is 5.66 Å². The largest absolute Gasteiger partial charge is 0.442 e. The van der Waals surface area contributed by atoms with Crippen molar-refractivity contribution in [3.8, 4) is 0 Å². The SMILES string of the molecule is CN(CC1(O)CNC1)C(=O)c1ccc(C2(C(F)(F)F)N=N2)cc1. The van der Waals surface area contributed by atoms with E-state index in [1.54, 1.807) is 0 Å². The standard InChI is InChI=1S/C14H15F3N4O2/c1-21(8-12(23)6-18-7-12)11(22)9-2-4-10(5-3-9)13(19-20-13)14(15,16)17/h2-5,18,23H,6-8H2,1H3. The monoisotopic (exact) mass is 328 g/mol. The summed E-state index contributed by atoms with van der Waals surface area (Å²) in [4.78, 5) is 13.6. The fourth-order valence-corrected chi connectivity index (χ4v) is 2.55. The zero-order valence-corrected chi connectivity index (χ0v) is 12.3. The maximum atomic E-state index is 12.9. The molecule has 2 heterocycles. The van der Waals surface area contributed by atoms with E-state index in [0.717, 1.165) is 0 Å². The number of hydrogen-bond donors (Lipinski definition) is 2. The van der Waals surface area contributed by atoms with E-state index in [1.165, 1.54) is 36.2 Å². The van der Waals surface area contributed by atoms with Crippen LogP contribution in [0.25, 0.3) is 0 Å². The number of halogens is 3. The van der Waals surface area contributed by atoms with Crippen LogP contribution in [0.3, 0.4) is 0 Å². The van der Waals surface area contributed by atoms with Gasteiger partial charge in [-0.15, -0.1) is 10.2 Å². The normalized spacial score (nSPS) is 20.7. The Kier molecular flexibility index (Phi) is 3.45. The van der Waals surface area contributed by atoms with E-state index < -0.39 is 17.4 Å². The maximum absolute atomic E-state index is 12.9. The predicted molar refractivity (Wildman–Crippen MR) is 73.8 cm³/mol. The van der Waals surface area contributed by atoms with Crippen molar-refractivity contribution in [1.82, 2.24) is 10.2 Å². The Labute approximate surface area is 130 Å². The van der Waals surface area contributed by atoms with Gasteiger partial charge in [0.15, 0.2) is 0 Å². The Bertz CT molecular complexity index is 647. The molecule has 0 saturated carbocycles. The third-order valence-corrected chi connectivity index (χ3v) is 4.02. The summed E-state index contributed by atoms with van der Waals surface area (Å²) in [6.07, 6.45) is -4.59. The quantitative estimate of drug-likeness (QED) is 0.874. The van der Waals surface area contributed by atoms with Crippen LogP contribution < -0.4 is 5.32 Å². The first-order valence-electron chi connectivity index (χ1n) is 6.97. The number of carbonyl (C=O) groups is 1. The molecule has 0 atom stereocenters. The fourth-order valence-electron chi connectivity index (χ4n) is 2.55. The molecule has 0 bridgehead atoms. The van der Waals surface area contributed by atoms with Crippen molar-refractivity contribution in [2.45, 2.75) is 17.4 Å². The first-order chi connectivity index (χ1) is 10.7. The number of hydrogen-bond acceptors (Lipinski definition) is 5. The third kappa shape index (κ3) is 2.70. The van der Waals surface area contributed by atoms with Crippen LogP contribution in [0.5, 0.6) is 0 Å². The number of β-amino-alcohol motifs (C(OH)–C–C–N with tert-alkyl or cyclic N) is 1. The molecule has 9 heteroatoms. The van der Waals surface area contributed by atoms with E-state index in [4.69, 9.17) is 0 Å². The lowest BCUT2D eigenvalue weighted by atomic mass is 9.96. The number of benzene rings is 1. The minimum atomic E-state index is -4.59. The molecule has 0 unspecified atom stereocenters. The van der Waals surface area contributed by atoms with Crippen molar-refractivity contribution >= 4 is 5.91 Å². The number of aliphatic hydroxyl groups is 1. The molecule has 0 aromatic heterocycles. The highest BCUT2D eigenvalue weighted by Crippen LogP contribution is 2.52. The molecule has 2 aliphatic rings. The minimum Gasteiger partial charge on any atom is -0.385 e. The Morgan fingerprint density at radius 1 is 1.30 bits per heavy atom. The van der Waals surface area contributed by atoms with Crippen molar-refractivity contribution < 1.29 is 23.1 Å². The van der Waals surface area contributed by atoms with Crippen molar-refractivity contribution in [3.63, 3.8) is 0 Å². The van der Waals surface area contributed by atoms with Gasteiger partial charge < -0.3 is 15.3 Å². The first-order valence-corrected chi connectivity index (χ1v) is 6.97. The molecular weight excluding hydrogens is 313 g/mol. The Hall–Kier alpha value is -2.00. The number of rotatable bonds is 4. The van der Waals surface area contributed by atoms with E-state index in [9.17, 15) is 23.1 Å². The molecule has 3 rings (SSSR count). The highest BCUT2D eigenvalue weighted by molar-refractivity contribution is 5.94. The minimum absolute atomic E-state index is 0.119. The first kappa shape index (κ1) is 15.9. The molecule has 2 aliphatic heterocycles. The average molecular weight is 328 g/mol. The summed E-state index contributed by atoms with van der Waals surface area (Å²) < 4.78 is 38.7. The summed E-state index contributed by atoms with van der Waals surface area (Å²) in [6.45, 7) is 0.957. The molecule has 1 saturated heterocycles. The van der Waals surface area contributed by atoms with Gasteiger partial charge in [0.05, 0.1) is 6.54 Å². The molecule has 1 amide bonds. The van der Waals surface area contributed by atoms with Crippen LogP contribution in [0.2, 0.25) is 0 Å². The summed E-state index contributed by atoms with van der Waals surface area (Å²) in [5.74, 6) is -0.373. The molecular formula is C14H15F3N4O2. The van der Waals surface area contributed by atoms with Gasteiger partial charge in [-0.2, -0.15) is 13.2 Å². The van der Waals surface area contributed by atoms with Crippen molar-refractivity contribution in [2.24, 2.45) is 10.2 Å². The Morgan fingerprint density at radius 2 is 1.87 bits per heavy atom.